The van der Waals surface area contributed by atoms with Crippen LogP contribution in [0.3, 0.4) is 0 Å². The van der Waals surface area contributed by atoms with Crippen LogP contribution in [0.5, 0.6) is 28.7 Å². The number of methoxy groups -OCH3 is 3. The molecular weight excluding hydrogens is 440 g/mol. The number of ether oxygens (including phenoxy) is 6. The Morgan fingerprint density at radius 3 is 2.15 bits per heavy atom. The lowest BCUT2D eigenvalue weighted by atomic mass is 9.71. The fourth-order valence-electron chi connectivity index (χ4n) is 4.67. The Bertz CT molecular complexity index is 1100. The van der Waals surface area contributed by atoms with E-state index in [2.05, 4.69) is 0 Å². The molecule has 0 N–H and O–H groups in total. The number of hydrogen-bond donors (Lipinski definition) is 0. The van der Waals surface area contributed by atoms with Gasteiger partial charge in [-0.1, -0.05) is 6.92 Å². The van der Waals surface area contributed by atoms with Gasteiger partial charge in [0, 0.05) is 31.2 Å². The van der Waals surface area contributed by atoms with E-state index in [4.69, 9.17) is 28.4 Å². The first-order valence-electron chi connectivity index (χ1n) is 11.3. The van der Waals surface area contributed by atoms with Crippen LogP contribution >= 0.6 is 0 Å². The van der Waals surface area contributed by atoms with Crippen molar-refractivity contribution in [2.24, 2.45) is 5.92 Å². The van der Waals surface area contributed by atoms with Crippen molar-refractivity contribution in [3.05, 3.63) is 41.0 Å². The van der Waals surface area contributed by atoms with Gasteiger partial charge in [-0.05, 0) is 42.3 Å². The topological polar surface area (TPSA) is 89.5 Å². The molecule has 182 valence electrons. The number of benzene rings is 2. The largest absolute Gasteiger partial charge is 0.493 e. The minimum Gasteiger partial charge on any atom is -0.493 e. The lowest BCUT2D eigenvalue weighted by molar-refractivity contribution is -0.148. The van der Waals surface area contributed by atoms with Crippen molar-refractivity contribution < 1.29 is 38.0 Å². The molecule has 1 aliphatic heterocycles. The van der Waals surface area contributed by atoms with Gasteiger partial charge < -0.3 is 28.4 Å². The molecule has 2 aliphatic rings. The molecule has 0 saturated carbocycles. The molecule has 0 saturated heterocycles. The van der Waals surface area contributed by atoms with Crippen LogP contribution in [0.25, 0.3) is 0 Å². The van der Waals surface area contributed by atoms with Gasteiger partial charge in [0.25, 0.3) is 0 Å². The third-order valence-corrected chi connectivity index (χ3v) is 6.49. The van der Waals surface area contributed by atoms with Crippen LogP contribution in [-0.4, -0.2) is 45.5 Å². The molecule has 34 heavy (non-hydrogen) atoms. The number of Topliss-reactive ketones (excluding diaryl/α,β-unsaturated/α-hetero) is 1. The van der Waals surface area contributed by atoms with E-state index in [1.807, 2.05) is 19.9 Å². The lowest BCUT2D eigenvalue weighted by Gasteiger charge is -2.32. The summed E-state index contributed by atoms with van der Waals surface area (Å²) in [6.07, 6.45) is 0.639. The summed E-state index contributed by atoms with van der Waals surface area (Å²) >= 11 is 0. The Morgan fingerprint density at radius 1 is 1.00 bits per heavy atom. The number of fused-ring (bicyclic) bond motifs is 2. The average Bonchev–Trinajstić information content (AvgIpc) is 3.17. The van der Waals surface area contributed by atoms with E-state index in [1.165, 1.54) is 21.3 Å². The second-order valence-electron chi connectivity index (χ2n) is 8.50. The van der Waals surface area contributed by atoms with E-state index in [1.54, 1.807) is 25.1 Å². The Hall–Kier alpha value is -3.42. The lowest BCUT2D eigenvalue weighted by Crippen LogP contribution is -2.33. The van der Waals surface area contributed by atoms with E-state index in [-0.39, 0.29) is 18.8 Å². The van der Waals surface area contributed by atoms with Crippen molar-refractivity contribution >= 4 is 11.8 Å². The minimum atomic E-state index is -0.808. The molecule has 0 bridgehead atoms. The molecule has 0 radical (unpaired) electrons. The van der Waals surface area contributed by atoms with Gasteiger partial charge in [0.2, 0.25) is 11.5 Å². The van der Waals surface area contributed by atoms with Gasteiger partial charge in [0.1, 0.15) is 0 Å². The molecule has 3 atom stereocenters. The highest BCUT2D eigenvalue weighted by molar-refractivity contribution is 6.02. The summed E-state index contributed by atoms with van der Waals surface area (Å²) in [5, 5.41) is 0. The Balaban J connectivity index is 1.92. The number of carbonyl (C=O) groups is 2. The number of esters is 1. The average molecular weight is 471 g/mol. The highest BCUT2D eigenvalue weighted by atomic mass is 16.7. The summed E-state index contributed by atoms with van der Waals surface area (Å²) in [6.45, 7) is 5.78. The SMILES string of the molecule is CCOC(=O)[C@@H]1CC(=O)c2cc3c(cc2[C@H]1c1cc(OC)c(OC)c(OC)c1)OC(C)(CC)O3. The second kappa shape index (κ2) is 9.08. The van der Waals surface area contributed by atoms with Crippen molar-refractivity contribution in [3.63, 3.8) is 0 Å². The molecule has 1 aliphatic carbocycles. The van der Waals surface area contributed by atoms with Crippen LogP contribution in [0.4, 0.5) is 0 Å². The van der Waals surface area contributed by atoms with Gasteiger partial charge in [0.05, 0.1) is 33.9 Å². The van der Waals surface area contributed by atoms with Crippen LogP contribution in [0.15, 0.2) is 24.3 Å². The smallest absolute Gasteiger partial charge is 0.310 e. The van der Waals surface area contributed by atoms with Crippen LogP contribution < -0.4 is 23.7 Å². The Labute approximate surface area is 199 Å². The Kier molecular flexibility index (Phi) is 6.34. The zero-order chi connectivity index (χ0) is 24.6. The maximum atomic E-state index is 13.2. The van der Waals surface area contributed by atoms with Crippen LogP contribution in [0, 0.1) is 5.92 Å². The van der Waals surface area contributed by atoms with Crippen LogP contribution in [0.1, 0.15) is 61.0 Å². The number of rotatable bonds is 7. The molecule has 1 heterocycles. The third kappa shape index (κ3) is 3.91. The van der Waals surface area contributed by atoms with Crippen LogP contribution in [-0.2, 0) is 9.53 Å². The molecule has 0 amide bonds. The maximum absolute atomic E-state index is 13.2. The summed E-state index contributed by atoms with van der Waals surface area (Å²) in [4.78, 5) is 26.2. The summed E-state index contributed by atoms with van der Waals surface area (Å²) in [5.74, 6) is -0.189. The molecular formula is C26H30O8. The zero-order valence-electron chi connectivity index (χ0n) is 20.4. The molecule has 1 unspecified atom stereocenters. The van der Waals surface area contributed by atoms with E-state index >= 15 is 0 Å². The van der Waals surface area contributed by atoms with Gasteiger partial charge >= 0.3 is 5.97 Å². The molecule has 8 heteroatoms. The Morgan fingerprint density at radius 2 is 1.62 bits per heavy atom. The van der Waals surface area contributed by atoms with Crippen LogP contribution in [0.2, 0.25) is 0 Å². The summed E-state index contributed by atoms with van der Waals surface area (Å²) in [6, 6.07) is 7.14. The van der Waals surface area contributed by atoms with Crippen molar-refractivity contribution in [1.29, 1.82) is 0 Å². The van der Waals surface area contributed by atoms with Gasteiger partial charge in [-0.2, -0.15) is 0 Å². The predicted octanol–water partition coefficient (Wildman–Crippen LogP) is 4.51. The third-order valence-electron chi connectivity index (χ3n) is 6.49. The van der Waals surface area contributed by atoms with E-state index in [9.17, 15) is 9.59 Å². The first-order valence-corrected chi connectivity index (χ1v) is 11.3. The summed E-state index contributed by atoms with van der Waals surface area (Å²) in [5.41, 5.74) is 1.91. The molecule has 0 spiro atoms. The van der Waals surface area contributed by atoms with Crippen molar-refractivity contribution in [2.45, 2.75) is 45.3 Å². The quantitative estimate of drug-likeness (QED) is 0.546. The molecule has 2 aromatic carbocycles. The van der Waals surface area contributed by atoms with Gasteiger partial charge in [0.15, 0.2) is 28.8 Å². The van der Waals surface area contributed by atoms with Gasteiger partial charge in [-0.3, -0.25) is 9.59 Å². The van der Waals surface area contributed by atoms with Gasteiger partial charge in [-0.25, -0.2) is 0 Å². The highest BCUT2D eigenvalue weighted by Gasteiger charge is 2.44. The molecule has 8 nitrogen and oxygen atoms in total. The first-order chi connectivity index (χ1) is 16.3. The van der Waals surface area contributed by atoms with E-state index in [0.717, 1.165) is 5.56 Å². The number of carbonyl (C=O) groups excluding carboxylic acids is 2. The van der Waals surface area contributed by atoms with E-state index < -0.39 is 23.6 Å². The van der Waals surface area contributed by atoms with Gasteiger partial charge in [-0.15, -0.1) is 0 Å². The standard InChI is InChI=1S/C26H30O8/c1-7-26(3)33-19-12-15-16(13-20(19)34-26)23(17(11-18(15)27)25(28)32-8-2)14-9-21(29-4)24(31-6)22(10-14)30-5/h9-10,12-13,17,23H,7-8,11H2,1-6H3/t17-,23-,26?/m1/s1. The van der Waals surface area contributed by atoms with E-state index in [0.29, 0.717) is 46.3 Å². The number of hydrogen-bond acceptors (Lipinski definition) is 8. The van der Waals surface area contributed by atoms with Crippen molar-refractivity contribution in [2.75, 3.05) is 27.9 Å². The molecule has 4 rings (SSSR count). The molecule has 0 aromatic heterocycles. The molecule has 2 aromatic rings. The van der Waals surface area contributed by atoms with Crippen molar-refractivity contribution in [3.8, 4) is 28.7 Å². The number of ketones is 1. The predicted molar refractivity (Wildman–Crippen MR) is 123 cm³/mol. The second-order valence-corrected chi connectivity index (χ2v) is 8.50. The first kappa shape index (κ1) is 23.7. The summed E-state index contributed by atoms with van der Waals surface area (Å²) < 4.78 is 34.0. The fourth-order valence-corrected chi connectivity index (χ4v) is 4.67. The normalized spacial score (nSPS) is 22.7. The summed E-state index contributed by atoms with van der Waals surface area (Å²) in [7, 11) is 4.60. The minimum absolute atomic E-state index is 0.0118. The molecule has 0 fully saturated rings. The highest BCUT2D eigenvalue weighted by Crippen LogP contribution is 2.51. The van der Waals surface area contributed by atoms with Crippen molar-refractivity contribution in [1.82, 2.24) is 0 Å². The monoisotopic (exact) mass is 470 g/mol. The maximum Gasteiger partial charge on any atom is 0.310 e. The zero-order valence-corrected chi connectivity index (χ0v) is 20.4. The fraction of sp³-hybridized carbons (Fsp3) is 0.462.